The Labute approximate surface area is 98.5 Å². The molecule has 1 aromatic heterocycles. The predicted molar refractivity (Wildman–Crippen MR) is 61.2 cm³/mol. The highest BCUT2D eigenvalue weighted by atomic mass is 127. The van der Waals surface area contributed by atoms with E-state index in [0.717, 1.165) is 0 Å². The number of nitrogens with zero attached hydrogens (tertiary/aromatic N) is 2. The van der Waals surface area contributed by atoms with E-state index in [1.807, 2.05) is 22.6 Å². The van der Waals surface area contributed by atoms with Crippen LogP contribution in [0, 0.1) is 3.57 Å². The molecule has 0 amide bonds. The Morgan fingerprint density at radius 2 is 2.38 bits per heavy atom. The van der Waals surface area contributed by atoms with Gasteiger partial charge in [-0.25, -0.2) is 4.98 Å². The highest BCUT2D eigenvalue weighted by molar-refractivity contribution is 14.1. The molecule has 70 valence electrons. The fourth-order valence-electron chi connectivity index (χ4n) is 0.741. The summed E-state index contributed by atoms with van der Waals surface area (Å²) in [5.41, 5.74) is -0.206. The van der Waals surface area contributed by atoms with Crippen LogP contribution in [0.3, 0.4) is 0 Å². The normalized spacial score (nSPS) is 10.1. The summed E-state index contributed by atoms with van der Waals surface area (Å²) in [5, 5.41) is 0.587. The van der Waals surface area contributed by atoms with Crippen LogP contribution in [0.1, 0.15) is 0 Å². The molecule has 0 N–H and O–H groups in total. The molecule has 1 aromatic rings. The first kappa shape index (κ1) is 11.0. The van der Waals surface area contributed by atoms with Crippen molar-refractivity contribution in [2.75, 3.05) is 0 Å². The first-order chi connectivity index (χ1) is 6.02. The number of halogens is 3. The van der Waals surface area contributed by atoms with Crippen LogP contribution < -0.4 is 5.56 Å². The summed E-state index contributed by atoms with van der Waals surface area (Å²) in [6.45, 7) is 3.74. The van der Waals surface area contributed by atoms with E-state index in [1.54, 1.807) is 0 Å². The van der Waals surface area contributed by atoms with Crippen molar-refractivity contribution in [3.05, 3.63) is 37.0 Å². The summed E-state index contributed by atoms with van der Waals surface area (Å²) in [7, 11) is 0. The van der Waals surface area contributed by atoms with E-state index in [-0.39, 0.29) is 17.3 Å². The smallest absolute Gasteiger partial charge is 0.268 e. The molecule has 0 saturated carbocycles. The van der Waals surface area contributed by atoms with Gasteiger partial charge in [-0.3, -0.25) is 9.36 Å². The highest BCUT2D eigenvalue weighted by Gasteiger charge is 2.06. The minimum Gasteiger partial charge on any atom is -0.293 e. The topological polar surface area (TPSA) is 34.9 Å². The lowest BCUT2D eigenvalue weighted by atomic mass is 10.5. The van der Waals surface area contributed by atoms with Crippen molar-refractivity contribution in [2.45, 2.75) is 6.54 Å². The molecule has 1 rings (SSSR count). The molecule has 3 nitrogen and oxygen atoms in total. The van der Waals surface area contributed by atoms with Crippen LogP contribution in [0.2, 0.25) is 5.15 Å². The molecule has 0 radical (unpaired) electrons. The number of allylic oxidation sites excluding steroid dienone is 1. The van der Waals surface area contributed by atoms with Crippen molar-refractivity contribution in [3.8, 4) is 0 Å². The summed E-state index contributed by atoms with van der Waals surface area (Å²) in [5.74, 6) is 0. The number of hydrogen-bond acceptors (Lipinski definition) is 2. The Balaban J connectivity index is 3.19. The van der Waals surface area contributed by atoms with E-state index >= 15 is 0 Å². The lowest BCUT2D eigenvalue weighted by Gasteiger charge is -2.03. The molecule has 0 saturated heterocycles. The molecule has 0 aliphatic heterocycles. The molecule has 6 heteroatoms. The van der Waals surface area contributed by atoms with Crippen LogP contribution in [0.25, 0.3) is 0 Å². The molecule has 0 aliphatic rings. The average molecular weight is 331 g/mol. The van der Waals surface area contributed by atoms with Crippen LogP contribution in [0.5, 0.6) is 0 Å². The van der Waals surface area contributed by atoms with Gasteiger partial charge >= 0.3 is 0 Å². The minimum absolute atomic E-state index is 0.206. The summed E-state index contributed by atoms with van der Waals surface area (Å²) in [6.07, 6.45) is 1.35. The van der Waals surface area contributed by atoms with E-state index in [2.05, 4.69) is 11.6 Å². The Hall–Kier alpha value is -0.0700. The second-order valence-electron chi connectivity index (χ2n) is 2.30. The molecular formula is C7H5Cl2IN2O. The van der Waals surface area contributed by atoms with Crippen molar-refractivity contribution in [1.82, 2.24) is 9.55 Å². The van der Waals surface area contributed by atoms with E-state index in [9.17, 15) is 4.79 Å². The first-order valence-electron chi connectivity index (χ1n) is 3.26. The Morgan fingerprint density at radius 3 is 2.92 bits per heavy atom. The van der Waals surface area contributed by atoms with Crippen LogP contribution >= 0.6 is 45.8 Å². The Morgan fingerprint density at radius 1 is 1.77 bits per heavy atom. The van der Waals surface area contributed by atoms with Gasteiger partial charge in [0, 0.05) is 5.03 Å². The van der Waals surface area contributed by atoms with E-state index in [1.165, 1.54) is 10.9 Å². The van der Waals surface area contributed by atoms with Gasteiger partial charge in [-0.1, -0.05) is 29.8 Å². The van der Waals surface area contributed by atoms with Gasteiger partial charge in [0.25, 0.3) is 5.56 Å². The van der Waals surface area contributed by atoms with Crippen molar-refractivity contribution in [2.24, 2.45) is 0 Å². The molecule has 1 heterocycles. The second-order valence-corrected chi connectivity index (χ2v) is 4.27. The third-order valence-corrected chi connectivity index (χ3v) is 2.98. The highest BCUT2D eigenvalue weighted by Crippen LogP contribution is 2.10. The number of rotatable bonds is 2. The molecule has 0 spiro atoms. The van der Waals surface area contributed by atoms with Gasteiger partial charge in [-0.15, -0.1) is 0 Å². The zero-order chi connectivity index (χ0) is 10.0. The first-order valence-corrected chi connectivity index (χ1v) is 5.09. The fourth-order valence-corrected chi connectivity index (χ4v) is 1.44. The van der Waals surface area contributed by atoms with Gasteiger partial charge in [0.05, 0.1) is 12.9 Å². The van der Waals surface area contributed by atoms with Gasteiger partial charge in [-0.05, 0) is 22.6 Å². The zero-order valence-corrected chi connectivity index (χ0v) is 10.1. The molecule has 0 aliphatic carbocycles. The molecular weight excluding hydrogens is 326 g/mol. The van der Waals surface area contributed by atoms with Gasteiger partial charge in [-0.2, -0.15) is 0 Å². The SMILES string of the molecule is C=C(Cl)Cn1cnc(Cl)c(I)c1=O. The molecule has 0 atom stereocenters. The van der Waals surface area contributed by atoms with E-state index in [0.29, 0.717) is 8.60 Å². The Bertz CT molecular complexity index is 402. The summed E-state index contributed by atoms with van der Waals surface area (Å²) in [4.78, 5) is 15.3. The van der Waals surface area contributed by atoms with Crippen molar-refractivity contribution < 1.29 is 0 Å². The summed E-state index contributed by atoms with van der Waals surface area (Å²) < 4.78 is 1.74. The predicted octanol–water partition coefficient (Wildman–Crippen LogP) is 2.25. The average Bonchev–Trinajstić information content (AvgIpc) is 2.06. The van der Waals surface area contributed by atoms with Crippen LogP contribution in [0.4, 0.5) is 0 Å². The number of aromatic nitrogens is 2. The second kappa shape index (κ2) is 4.43. The van der Waals surface area contributed by atoms with Gasteiger partial charge in [0.15, 0.2) is 0 Å². The van der Waals surface area contributed by atoms with Crippen LogP contribution in [-0.2, 0) is 6.54 Å². The maximum atomic E-state index is 11.5. The molecule has 13 heavy (non-hydrogen) atoms. The van der Waals surface area contributed by atoms with Crippen molar-refractivity contribution in [1.29, 1.82) is 0 Å². The largest absolute Gasteiger partial charge is 0.293 e. The maximum Gasteiger partial charge on any atom is 0.268 e. The van der Waals surface area contributed by atoms with Crippen molar-refractivity contribution in [3.63, 3.8) is 0 Å². The third kappa shape index (κ3) is 2.69. The standard InChI is InChI=1S/C7H5Cl2IN2O/c1-4(8)2-12-3-11-6(9)5(10)7(12)13/h3H,1-2H2. The number of hydrogen-bond donors (Lipinski definition) is 0. The van der Waals surface area contributed by atoms with Crippen molar-refractivity contribution >= 4 is 45.8 Å². The summed E-state index contributed by atoms with van der Waals surface area (Å²) in [6, 6.07) is 0. The molecule has 0 unspecified atom stereocenters. The maximum absolute atomic E-state index is 11.5. The fraction of sp³-hybridized carbons (Fsp3) is 0.143. The third-order valence-electron chi connectivity index (χ3n) is 1.28. The molecule has 0 aromatic carbocycles. The monoisotopic (exact) mass is 330 g/mol. The summed E-state index contributed by atoms with van der Waals surface area (Å²) >= 11 is 13.0. The quantitative estimate of drug-likeness (QED) is 0.616. The van der Waals surface area contributed by atoms with E-state index < -0.39 is 0 Å². The molecule has 0 fully saturated rings. The van der Waals surface area contributed by atoms with Gasteiger partial charge in [0.1, 0.15) is 8.72 Å². The lowest BCUT2D eigenvalue weighted by molar-refractivity contribution is 0.740. The minimum atomic E-state index is -0.206. The molecule has 0 bridgehead atoms. The van der Waals surface area contributed by atoms with Gasteiger partial charge in [0.2, 0.25) is 0 Å². The zero-order valence-electron chi connectivity index (χ0n) is 6.43. The van der Waals surface area contributed by atoms with Crippen LogP contribution in [0.15, 0.2) is 22.7 Å². The van der Waals surface area contributed by atoms with Crippen LogP contribution in [-0.4, -0.2) is 9.55 Å². The van der Waals surface area contributed by atoms with Gasteiger partial charge < -0.3 is 0 Å². The lowest BCUT2D eigenvalue weighted by Crippen LogP contribution is -2.23. The Kier molecular flexibility index (Phi) is 3.75. The van der Waals surface area contributed by atoms with E-state index in [4.69, 9.17) is 23.2 Å².